The van der Waals surface area contributed by atoms with Crippen LogP contribution in [-0.2, 0) is 9.53 Å². The molecule has 1 aliphatic rings. The lowest BCUT2D eigenvalue weighted by atomic mass is 9.94. The summed E-state index contributed by atoms with van der Waals surface area (Å²) >= 11 is 0. The smallest absolute Gasteiger partial charge is 0.339 e. The summed E-state index contributed by atoms with van der Waals surface area (Å²) in [5, 5.41) is 0.681. The summed E-state index contributed by atoms with van der Waals surface area (Å²) in [4.78, 5) is 31.6. The Morgan fingerprint density at radius 1 is 1.14 bits per heavy atom. The number of carbonyl (C=O) groups is 2. The van der Waals surface area contributed by atoms with Crippen LogP contribution >= 0.6 is 0 Å². The molecule has 1 fully saturated rings. The highest BCUT2D eigenvalue weighted by molar-refractivity contribution is 6.05. The van der Waals surface area contributed by atoms with Crippen LogP contribution in [0.1, 0.15) is 42.5 Å². The maximum Gasteiger partial charge on any atom is 0.339 e. The Morgan fingerprint density at radius 3 is 2.69 bits per heavy atom. The van der Waals surface area contributed by atoms with Crippen molar-refractivity contribution < 1.29 is 18.7 Å². The van der Waals surface area contributed by atoms with Crippen molar-refractivity contribution >= 4 is 22.8 Å². The van der Waals surface area contributed by atoms with Crippen molar-refractivity contribution in [2.24, 2.45) is 0 Å². The van der Waals surface area contributed by atoms with Gasteiger partial charge in [-0.1, -0.05) is 37.5 Å². The summed E-state index contributed by atoms with van der Waals surface area (Å²) in [7, 11) is 1.79. The molecule has 1 amide bonds. The largest absolute Gasteiger partial charge is 0.463 e. The highest BCUT2D eigenvalue weighted by Crippen LogP contribution is 2.26. The SMILES string of the molecule is CN(C(=O)COC(=O)c1cc(-c2ccco2)nc2ccccc12)C1CCCCC1. The molecule has 6 heteroatoms. The lowest BCUT2D eigenvalue weighted by Crippen LogP contribution is -2.40. The van der Waals surface area contributed by atoms with Crippen LogP contribution in [0, 0.1) is 0 Å². The molecule has 0 N–H and O–H groups in total. The van der Waals surface area contributed by atoms with Crippen LogP contribution in [0.5, 0.6) is 0 Å². The molecule has 3 aromatic rings. The van der Waals surface area contributed by atoms with Gasteiger partial charge in [-0.25, -0.2) is 9.78 Å². The monoisotopic (exact) mass is 392 g/mol. The minimum absolute atomic E-state index is 0.171. The van der Waals surface area contributed by atoms with Gasteiger partial charge in [0.05, 0.1) is 17.3 Å². The van der Waals surface area contributed by atoms with Gasteiger partial charge in [0.25, 0.3) is 5.91 Å². The summed E-state index contributed by atoms with van der Waals surface area (Å²) in [6, 6.07) is 12.8. The minimum Gasteiger partial charge on any atom is -0.463 e. The van der Waals surface area contributed by atoms with Crippen LogP contribution in [0.3, 0.4) is 0 Å². The second kappa shape index (κ2) is 8.47. The minimum atomic E-state index is -0.540. The quantitative estimate of drug-likeness (QED) is 0.600. The van der Waals surface area contributed by atoms with Crippen LogP contribution in [-0.4, -0.2) is 41.5 Å². The lowest BCUT2D eigenvalue weighted by Gasteiger charge is -2.31. The fourth-order valence-corrected chi connectivity index (χ4v) is 3.87. The molecule has 1 aromatic carbocycles. The molecule has 29 heavy (non-hydrogen) atoms. The van der Waals surface area contributed by atoms with E-state index in [0.29, 0.717) is 27.9 Å². The number of pyridine rings is 1. The molecular formula is C23H24N2O4. The second-order valence-electron chi connectivity index (χ2n) is 7.42. The van der Waals surface area contributed by atoms with E-state index in [1.54, 1.807) is 36.4 Å². The number of benzene rings is 1. The lowest BCUT2D eigenvalue weighted by molar-refractivity contribution is -0.135. The van der Waals surface area contributed by atoms with Crippen molar-refractivity contribution in [2.75, 3.05) is 13.7 Å². The van der Waals surface area contributed by atoms with Gasteiger partial charge in [0.2, 0.25) is 0 Å². The van der Waals surface area contributed by atoms with Gasteiger partial charge in [-0.2, -0.15) is 0 Å². The molecular weight excluding hydrogens is 368 g/mol. The Balaban J connectivity index is 1.52. The summed E-state index contributed by atoms with van der Waals surface area (Å²) in [5.74, 6) is -0.144. The first-order chi connectivity index (χ1) is 14.1. The first-order valence-electron chi connectivity index (χ1n) is 10.00. The zero-order valence-electron chi connectivity index (χ0n) is 16.5. The Morgan fingerprint density at radius 2 is 1.93 bits per heavy atom. The molecule has 0 saturated heterocycles. The van der Waals surface area contributed by atoms with Gasteiger partial charge in [0.15, 0.2) is 12.4 Å². The average Bonchev–Trinajstić information content (AvgIpc) is 3.31. The molecule has 6 nitrogen and oxygen atoms in total. The van der Waals surface area contributed by atoms with E-state index in [-0.39, 0.29) is 18.6 Å². The van der Waals surface area contributed by atoms with Gasteiger partial charge in [0.1, 0.15) is 5.69 Å². The topological polar surface area (TPSA) is 72.6 Å². The van der Waals surface area contributed by atoms with Crippen molar-refractivity contribution in [3.05, 3.63) is 54.3 Å². The number of nitrogens with zero attached hydrogens (tertiary/aromatic N) is 2. The normalized spacial score (nSPS) is 14.7. The highest BCUT2D eigenvalue weighted by Gasteiger charge is 2.23. The van der Waals surface area contributed by atoms with Gasteiger partial charge in [-0.15, -0.1) is 0 Å². The number of para-hydroxylation sites is 1. The molecule has 0 atom stereocenters. The van der Waals surface area contributed by atoms with Crippen molar-refractivity contribution in [1.82, 2.24) is 9.88 Å². The Labute approximate surface area is 169 Å². The maximum absolute atomic E-state index is 12.8. The first-order valence-corrected chi connectivity index (χ1v) is 10.00. The second-order valence-corrected chi connectivity index (χ2v) is 7.42. The summed E-state index contributed by atoms with van der Waals surface area (Å²) < 4.78 is 10.8. The van der Waals surface area contributed by atoms with E-state index < -0.39 is 5.97 Å². The van der Waals surface area contributed by atoms with Crippen molar-refractivity contribution in [3.63, 3.8) is 0 Å². The highest BCUT2D eigenvalue weighted by atomic mass is 16.5. The third kappa shape index (κ3) is 4.16. The van der Waals surface area contributed by atoms with Gasteiger partial charge >= 0.3 is 5.97 Å². The van der Waals surface area contributed by atoms with E-state index in [0.717, 1.165) is 25.7 Å². The zero-order valence-corrected chi connectivity index (χ0v) is 16.5. The molecule has 150 valence electrons. The Bertz CT molecular complexity index is 1010. The van der Waals surface area contributed by atoms with Crippen LogP contribution in [0.25, 0.3) is 22.4 Å². The number of aromatic nitrogens is 1. The number of ether oxygens (including phenoxy) is 1. The number of rotatable bonds is 5. The van der Waals surface area contributed by atoms with Crippen LogP contribution < -0.4 is 0 Å². The first kappa shape index (κ1) is 19.2. The van der Waals surface area contributed by atoms with E-state index in [4.69, 9.17) is 9.15 Å². The molecule has 1 aliphatic carbocycles. The molecule has 2 heterocycles. The number of likely N-dealkylation sites (N-methyl/N-ethyl adjacent to an activating group) is 1. The molecule has 2 aromatic heterocycles. The third-order valence-corrected chi connectivity index (χ3v) is 5.55. The van der Waals surface area contributed by atoms with E-state index >= 15 is 0 Å². The van der Waals surface area contributed by atoms with Crippen LogP contribution in [0.4, 0.5) is 0 Å². The van der Waals surface area contributed by atoms with E-state index in [1.807, 2.05) is 24.3 Å². The summed E-state index contributed by atoms with van der Waals surface area (Å²) in [6.45, 7) is -0.265. The number of hydrogen-bond acceptors (Lipinski definition) is 5. The molecule has 0 unspecified atom stereocenters. The predicted octanol–water partition coefficient (Wildman–Crippen LogP) is 4.44. The van der Waals surface area contributed by atoms with Gasteiger partial charge in [-0.3, -0.25) is 4.79 Å². The van der Waals surface area contributed by atoms with Crippen molar-refractivity contribution in [3.8, 4) is 11.5 Å². The number of carbonyl (C=O) groups excluding carboxylic acids is 2. The maximum atomic E-state index is 12.8. The zero-order chi connectivity index (χ0) is 20.2. The summed E-state index contributed by atoms with van der Waals surface area (Å²) in [5.41, 5.74) is 1.58. The van der Waals surface area contributed by atoms with Crippen molar-refractivity contribution in [2.45, 2.75) is 38.1 Å². The van der Waals surface area contributed by atoms with Gasteiger partial charge in [-0.05, 0) is 37.1 Å². The fourth-order valence-electron chi connectivity index (χ4n) is 3.87. The molecule has 0 bridgehead atoms. The molecule has 4 rings (SSSR count). The molecule has 0 aliphatic heterocycles. The standard InChI is InChI=1S/C23H24N2O4/c1-25(16-8-3-2-4-9-16)22(26)15-29-23(27)18-14-20(21-12-7-13-28-21)24-19-11-6-5-10-17(18)19/h5-7,10-14,16H,2-4,8-9,15H2,1H3. The Hall–Kier alpha value is -3.15. The van der Waals surface area contributed by atoms with Crippen LogP contribution in [0.15, 0.2) is 53.1 Å². The fraction of sp³-hybridized carbons (Fsp3) is 0.348. The molecule has 1 saturated carbocycles. The van der Waals surface area contributed by atoms with Gasteiger partial charge < -0.3 is 14.1 Å². The number of hydrogen-bond donors (Lipinski definition) is 0. The Kier molecular flexibility index (Phi) is 5.60. The van der Waals surface area contributed by atoms with Gasteiger partial charge in [0, 0.05) is 18.5 Å². The number of esters is 1. The third-order valence-electron chi connectivity index (χ3n) is 5.55. The number of amides is 1. The summed E-state index contributed by atoms with van der Waals surface area (Å²) in [6.07, 6.45) is 7.08. The molecule has 0 spiro atoms. The number of fused-ring (bicyclic) bond motifs is 1. The van der Waals surface area contributed by atoms with Crippen molar-refractivity contribution in [1.29, 1.82) is 0 Å². The molecule has 0 radical (unpaired) electrons. The van der Waals surface area contributed by atoms with E-state index in [1.165, 1.54) is 6.42 Å². The predicted molar refractivity (Wildman–Crippen MR) is 109 cm³/mol. The average molecular weight is 392 g/mol. The number of furan rings is 1. The van der Waals surface area contributed by atoms with Crippen LogP contribution in [0.2, 0.25) is 0 Å². The van der Waals surface area contributed by atoms with E-state index in [9.17, 15) is 9.59 Å². The van der Waals surface area contributed by atoms with E-state index in [2.05, 4.69) is 4.98 Å².